The maximum atomic E-state index is 13.2. The highest BCUT2D eigenvalue weighted by molar-refractivity contribution is 7.08. The van der Waals surface area contributed by atoms with Crippen molar-refractivity contribution >= 4 is 46.5 Å². The number of ketones is 1. The Labute approximate surface area is 196 Å². The molecule has 2 bridgehead atoms. The van der Waals surface area contributed by atoms with Crippen LogP contribution in [-0.4, -0.2) is 22.3 Å². The molecule has 32 heavy (non-hydrogen) atoms. The van der Waals surface area contributed by atoms with Gasteiger partial charge in [-0.1, -0.05) is 27.2 Å². The molecule has 0 spiro atoms. The highest BCUT2D eigenvalue weighted by Gasteiger charge is 2.42. The lowest BCUT2D eigenvalue weighted by molar-refractivity contribution is -0.123. The van der Waals surface area contributed by atoms with Gasteiger partial charge in [-0.25, -0.2) is 0 Å². The lowest BCUT2D eigenvalue weighted by atomic mass is 9.84. The van der Waals surface area contributed by atoms with E-state index in [4.69, 9.17) is 0 Å². The summed E-state index contributed by atoms with van der Waals surface area (Å²) in [7, 11) is 0. The number of thiophene rings is 1. The van der Waals surface area contributed by atoms with Gasteiger partial charge in [0.1, 0.15) is 11.2 Å². The topological polar surface area (TPSA) is 68.2 Å². The van der Waals surface area contributed by atoms with Crippen molar-refractivity contribution < 1.29 is 9.59 Å². The number of carbonyl (C=O) groups is 2. The van der Waals surface area contributed by atoms with Crippen LogP contribution in [0.5, 0.6) is 0 Å². The van der Waals surface area contributed by atoms with Gasteiger partial charge in [-0.2, -0.15) is 11.3 Å². The van der Waals surface area contributed by atoms with Crippen LogP contribution in [-0.2, 0) is 16.1 Å². The lowest BCUT2D eigenvalue weighted by Gasteiger charge is -2.28. The summed E-state index contributed by atoms with van der Waals surface area (Å²) in [4.78, 5) is 38.7. The molecule has 4 rings (SSSR count). The van der Waals surface area contributed by atoms with E-state index in [2.05, 4.69) is 12.2 Å². The first kappa shape index (κ1) is 23.2. The van der Waals surface area contributed by atoms with Crippen LogP contribution in [0.1, 0.15) is 58.9 Å². The molecule has 2 aliphatic rings. The van der Waals surface area contributed by atoms with Crippen molar-refractivity contribution in [3.05, 3.63) is 41.9 Å². The van der Waals surface area contributed by atoms with Gasteiger partial charge < -0.3 is 5.32 Å². The number of Topliss-reactive ketones (excluding diaryl/α,β-unsaturated/α-hetero) is 1. The summed E-state index contributed by atoms with van der Waals surface area (Å²) < 4.78 is 2.51. The van der Waals surface area contributed by atoms with E-state index in [0.29, 0.717) is 15.1 Å². The molecular formula is C25H32N2O3S2. The summed E-state index contributed by atoms with van der Waals surface area (Å²) in [6.07, 6.45) is 8.44. The van der Waals surface area contributed by atoms with Crippen LogP contribution >= 0.6 is 22.7 Å². The predicted molar refractivity (Wildman–Crippen MR) is 131 cm³/mol. The van der Waals surface area contributed by atoms with E-state index in [1.54, 1.807) is 11.3 Å². The van der Waals surface area contributed by atoms with Crippen LogP contribution in [0.25, 0.3) is 12.2 Å². The van der Waals surface area contributed by atoms with Gasteiger partial charge in [0, 0.05) is 17.5 Å². The molecule has 5 nitrogen and oxygen atoms in total. The third-order valence-electron chi connectivity index (χ3n) is 6.90. The molecule has 2 aliphatic carbocycles. The molecule has 2 heterocycles. The highest BCUT2D eigenvalue weighted by Crippen LogP contribution is 2.49. The number of hydrogen-bond donors (Lipinski definition) is 1. The second-order valence-electron chi connectivity index (χ2n) is 10.4. The first-order valence-electron chi connectivity index (χ1n) is 11.4. The number of fused-ring (bicyclic) bond motifs is 2. The fraction of sp³-hybridized carbons (Fsp3) is 0.560. The smallest absolute Gasteiger partial charge is 0.269 e. The lowest BCUT2D eigenvalue weighted by Crippen LogP contribution is -2.44. The number of nitrogens with one attached hydrogen (secondary N) is 1. The quantitative estimate of drug-likeness (QED) is 0.702. The standard InChI is InChI=1S/C25H32N2O3S2/c1-15(19-10-16-5-6-18(19)9-16)26-22(29)13-27-23(12-21(28)25(2,3)4)32-20(24(27)30)11-17-7-8-31-14-17/h7-8,11-12,14-16,18-19H,5-6,9-10,13H2,1-4H3,(H,26,29). The van der Waals surface area contributed by atoms with Crippen molar-refractivity contribution in [2.75, 3.05) is 0 Å². The van der Waals surface area contributed by atoms with Crippen molar-refractivity contribution in [1.29, 1.82) is 0 Å². The van der Waals surface area contributed by atoms with Crippen LogP contribution in [0.4, 0.5) is 0 Å². The maximum absolute atomic E-state index is 13.2. The third-order valence-corrected chi connectivity index (χ3v) is 8.66. The summed E-state index contributed by atoms with van der Waals surface area (Å²) >= 11 is 2.83. The zero-order valence-electron chi connectivity index (χ0n) is 19.2. The molecule has 2 fully saturated rings. The summed E-state index contributed by atoms with van der Waals surface area (Å²) in [5.41, 5.74) is 0.168. The minimum atomic E-state index is -0.555. The summed E-state index contributed by atoms with van der Waals surface area (Å²) in [5, 5.41) is 7.07. The SMILES string of the molecule is CC(NC(=O)Cn1c(=CC(=O)C(C)(C)C)sc(=Cc2ccsc2)c1=O)C1CC2CCC1C2. The Morgan fingerprint density at radius 3 is 2.66 bits per heavy atom. The van der Waals surface area contributed by atoms with E-state index in [9.17, 15) is 14.4 Å². The van der Waals surface area contributed by atoms with Crippen LogP contribution < -0.4 is 20.1 Å². The Kier molecular flexibility index (Phi) is 6.59. The molecule has 0 radical (unpaired) electrons. The number of amides is 1. The molecule has 1 amide bonds. The van der Waals surface area contributed by atoms with Gasteiger partial charge in [0.2, 0.25) is 5.91 Å². The number of rotatable bonds is 6. The zero-order chi connectivity index (χ0) is 23.0. The Hall–Kier alpha value is -1.99. The fourth-order valence-corrected chi connectivity index (χ4v) is 6.75. The van der Waals surface area contributed by atoms with Crippen LogP contribution in [0.3, 0.4) is 0 Å². The molecule has 0 aromatic carbocycles. The number of carbonyl (C=O) groups excluding carboxylic acids is 2. The van der Waals surface area contributed by atoms with Gasteiger partial charge >= 0.3 is 0 Å². The summed E-state index contributed by atoms with van der Waals surface area (Å²) in [6, 6.07) is 2.05. The van der Waals surface area contributed by atoms with Gasteiger partial charge in [0.15, 0.2) is 5.78 Å². The van der Waals surface area contributed by atoms with Gasteiger partial charge in [-0.3, -0.25) is 19.0 Å². The Morgan fingerprint density at radius 2 is 2.06 bits per heavy atom. The zero-order valence-corrected chi connectivity index (χ0v) is 20.9. The average Bonchev–Trinajstić information content (AvgIpc) is 3.50. The number of thiazole rings is 1. The third kappa shape index (κ3) is 4.99. The van der Waals surface area contributed by atoms with Gasteiger partial charge in [0.25, 0.3) is 5.56 Å². The minimum Gasteiger partial charge on any atom is -0.352 e. The van der Waals surface area contributed by atoms with Crippen molar-refractivity contribution in [1.82, 2.24) is 9.88 Å². The molecule has 2 saturated carbocycles. The maximum Gasteiger partial charge on any atom is 0.269 e. The van der Waals surface area contributed by atoms with Crippen LogP contribution in [0.2, 0.25) is 0 Å². The second kappa shape index (κ2) is 9.10. The van der Waals surface area contributed by atoms with Crippen molar-refractivity contribution in [3.63, 3.8) is 0 Å². The van der Waals surface area contributed by atoms with E-state index in [1.165, 1.54) is 47.7 Å². The molecule has 1 N–H and O–H groups in total. The van der Waals surface area contributed by atoms with E-state index >= 15 is 0 Å². The molecule has 2 aromatic rings. The fourth-order valence-electron chi connectivity index (χ4n) is 5.09. The van der Waals surface area contributed by atoms with E-state index in [-0.39, 0.29) is 29.8 Å². The van der Waals surface area contributed by atoms with Gasteiger partial charge in [-0.15, -0.1) is 11.3 Å². The van der Waals surface area contributed by atoms with Crippen LogP contribution in [0, 0.1) is 23.2 Å². The normalized spacial score (nSPS) is 24.8. The van der Waals surface area contributed by atoms with E-state index < -0.39 is 5.41 Å². The molecule has 172 valence electrons. The summed E-state index contributed by atoms with van der Waals surface area (Å²) in [6.45, 7) is 7.57. The number of aromatic nitrogens is 1. The number of nitrogens with zero attached hydrogens (tertiary/aromatic N) is 1. The van der Waals surface area contributed by atoms with Gasteiger partial charge in [0.05, 0.1) is 4.53 Å². The molecule has 2 aromatic heterocycles. The average molecular weight is 473 g/mol. The molecule has 0 saturated heterocycles. The first-order valence-corrected chi connectivity index (χ1v) is 13.2. The highest BCUT2D eigenvalue weighted by atomic mass is 32.1. The monoisotopic (exact) mass is 472 g/mol. The van der Waals surface area contributed by atoms with Crippen molar-refractivity contribution in [3.8, 4) is 0 Å². The molecule has 4 unspecified atom stereocenters. The summed E-state index contributed by atoms with van der Waals surface area (Å²) in [5.74, 6) is 1.85. The van der Waals surface area contributed by atoms with E-state index in [0.717, 1.165) is 17.4 Å². The first-order chi connectivity index (χ1) is 15.1. The van der Waals surface area contributed by atoms with Crippen molar-refractivity contribution in [2.45, 2.75) is 66.0 Å². The van der Waals surface area contributed by atoms with E-state index in [1.807, 2.05) is 43.7 Å². The van der Waals surface area contributed by atoms with Crippen molar-refractivity contribution in [2.24, 2.45) is 23.2 Å². The Balaban J connectivity index is 1.60. The Morgan fingerprint density at radius 1 is 1.28 bits per heavy atom. The largest absolute Gasteiger partial charge is 0.352 e. The molecule has 0 aliphatic heterocycles. The minimum absolute atomic E-state index is 0.0645. The predicted octanol–water partition coefficient (Wildman–Crippen LogP) is 3.14. The van der Waals surface area contributed by atoms with Crippen LogP contribution in [0.15, 0.2) is 21.6 Å². The molecule has 4 atom stereocenters. The number of hydrogen-bond acceptors (Lipinski definition) is 5. The van der Waals surface area contributed by atoms with Gasteiger partial charge in [-0.05, 0) is 72.4 Å². The molecule has 7 heteroatoms. The Bertz CT molecular complexity index is 1170. The molecular weight excluding hydrogens is 440 g/mol. The second-order valence-corrected chi connectivity index (χ2v) is 12.2.